The number of aliphatic hydroxyl groups is 2. The zero-order chi connectivity index (χ0) is 24.9. The van der Waals surface area contributed by atoms with Gasteiger partial charge in [0.05, 0.1) is 35.1 Å². The second kappa shape index (κ2) is 8.56. The molecule has 3 heterocycles. The molecule has 1 aliphatic rings. The standard InChI is InChI=1S/C22H24ClN9O3/c1-22(20(35)25-3)8-14(16(33)17(22)34)31-10-26-15-18(24-2)27-21(28-19(15)31)32-9-13(29-30-32)11-6-4-5-7-12(11)23/h4-7,9-10,14,16-17,33-34H,8H2,1-3H3,(H,25,35)(H,24,27,28)/t14-,16+,17+,22?/m1/s1. The minimum atomic E-state index is -1.26. The molecule has 0 spiro atoms. The van der Waals surface area contributed by atoms with Crippen molar-refractivity contribution in [3.8, 4) is 17.2 Å². The van der Waals surface area contributed by atoms with Crippen LogP contribution in [-0.4, -0.2) is 76.9 Å². The number of aliphatic hydroxyl groups excluding tert-OH is 2. The molecule has 4 aromatic rings. The third kappa shape index (κ3) is 3.61. The number of anilines is 1. The van der Waals surface area contributed by atoms with Crippen molar-refractivity contribution in [2.75, 3.05) is 19.4 Å². The number of hydrogen-bond acceptors (Lipinski definition) is 9. The molecule has 35 heavy (non-hydrogen) atoms. The van der Waals surface area contributed by atoms with Gasteiger partial charge < -0.3 is 25.4 Å². The molecule has 4 N–H and O–H groups in total. The van der Waals surface area contributed by atoms with E-state index in [2.05, 4.69) is 35.9 Å². The summed E-state index contributed by atoms with van der Waals surface area (Å²) < 4.78 is 3.08. The summed E-state index contributed by atoms with van der Waals surface area (Å²) in [7, 11) is 3.21. The number of fused-ring (bicyclic) bond motifs is 1. The Morgan fingerprint density at radius 3 is 2.71 bits per heavy atom. The van der Waals surface area contributed by atoms with Crippen LogP contribution in [0.2, 0.25) is 5.02 Å². The fourth-order valence-corrected chi connectivity index (χ4v) is 4.85. The fourth-order valence-electron chi connectivity index (χ4n) is 4.62. The number of amides is 1. The third-order valence-electron chi connectivity index (χ3n) is 6.60. The van der Waals surface area contributed by atoms with Crippen LogP contribution in [0.5, 0.6) is 0 Å². The quantitative estimate of drug-likeness (QED) is 0.318. The number of carbonyl (C=O) groups is 1. The minimum Gasteiger partial charge on any atom is -0.389 e. The molecule has 1 saturated carbocycles. The van der Waals surface area contributed by atoms with Gasteiger partial charge in [-0.3, -0.25) is 4.79 Å². The van der Waals surface area contributed by atoms with Gasteiger partial charge in [-0.25, -0.2) is 4.98 Å². The Morgan fingerprint density at radius 1 is 1.23 bits per heavy atom. The molecule has 0 radical (unpaired) electrons. The summed E-state index contributed by atoms with van der Waals surface area (Å²) in [6.07, 6.45) is 0.915. The second-order valence-corrected chi connectivity index (χ2v) is 9.09. The number of aromatic nitrogens is 7. The summed E-state index contributed by atoms with van der Waals surface area (Å²) in [6.45, 7) is 1.63. The predicted molar refractivity (Wildman–Crippen MR) is 128 cm³/mol. The van der Waals surface area contributed by atoms with E-state index in [1.807, 2.05) is 18.2 Å². The van der Waals surface area contributed by atoms with Crippen LogP contribution in [0.25, 0.3) is 28.4 Å². The number of benzene rings is 1. The highest BCUT2D eigenvalue weighted by atomic mass is 35.5. The maximum Gasteiger partial charge on any atom is 0.256 e. The van der Waals surface area contributed by atoms with Crippen molar-refractivity contribution >= 4 is 34.5 Å². The minimum absolute atomic E-state index is 0.189. The first kappa shape index (κ1) is 23.1. The van der Waals surface area contributed by atoms with E-state index in [1.54, 1.807) is 30.8 Å². The van der Waals surface area contributed by atoms with Gasteiger partial charge in [-0.15, -0.1) is 5.10 Å². The van der Waals surface area contributed by atoms with Gasteiger partial charge in [-0.2, -0.15) is 14.6 Å². The highest BCUT2D eigenvalue weighted by Crippen LogP contribution is 2.45. The Kier molecular flexibility index (Phi) is 5.66. The van der Waals surface area contributed by atoms with Crippen molar-refractivity contribution in [2.24, 2.45) is 5.41 Å². The summed E-state index contributed by atoms with van der Waals surface area (Å²) in [5.74, 6) is 0.314. The van der Waals surface area contributed by atoms with E-state index >= 15 is 0 Å². The number of carbonyl (C=O) groups excluding carboxylic acids is 1. The molecule has 0 bridgehead atoms. The predicted octanol–water partition coefficient (Wildman–Crippen LogP) is 1.19. The Bertz CT molecular complexity index is 1420. The highest BCUT2D eigenvalue weighted by Gasteiger charge is 2.54. The van der Waals surface area contributed by atoms with E-state index in [1.165, 1.54) is 18.1 Å². The molecule has 12 nitrogen and oxygen atoms in total. The maximum atomic E-state index is 12.5. The normalized spacial score (nSPS) is 24.1. The molecular weight excluding hydrogens is 474 g/mol. The van der Waals surface area contributed by atoms with E-state index in [9.17, 15) is 15.0 Å². The summed E-state index contributed by atoms with van der Waals surface area (Å²) in [6, 6.07) is 6.65. The van der Waals surface area contributed by atoms with Crippen molar-refractivity contribution in [2.45, 2.75) is 31.6 Å². The van der Waals surface area contributed by atoms with Crippen LogP contribution in [0.4, 0.5) is 5.82 Å². The van der Waals surface area contributed by atoms with Crippen molar-refractivity contribution < 1.29 is 15.0 Å². The molecule has 4 atom stereocenters. The van der Waals surface area contributed by atoms with Gasteiger partial charge in [0.1, 0.15) is 11.8 Å². The van der Waals surface area contributed by atoms with Crippen LogP contribution >= 0.6 is 11.6 Å². The van der Waals surface area contributed by atoms with Gasteiger partial charge in [0.2, 0.25) is 5.91 Å². The average Bonchev–Trinajstić information content (AvgIpc) is 3.57. The molecule has 0 aliphatic heterocycles. The summed E-state index contributed by atoms with van der Waals surface area (Å²) >= 11 is 6.30. The largest absolute Gasteiger partial charge is 0.389 e. The lowest BCUT2D eigenvalue weighted by molar-refractivity contribution is -0.136. The lowest BCUT2D eigenvalue weighted by atomic mass is 9.85. The molecule has 13 heteroatoms. The van der Waals surface area contributed by atoms with Crippen molar-refractivity contribution in [1.29, 1.82) is 0 Å². The zero-order valence-electron chi connectivity index (χ0n) is 19.2. The van der Waals surface area contributed by atoms with Gasteiger partial charge in [-0.1, -0.05) is 35.0 Å². The molecular formula is C22H24ClN9O3. The maximum absolute atomic E-state index is 12.5. The monoisotopic (exact) mass is 497 g/mol. The summed E-state index contributed by atoms with van der Waals surface area (Å²) in [5.41, 5.74) is 0.975. The molecule has 1 aliphatic carbocycles. The topological polar surface area (TPSA) is 156 Å². The third-order valence-corrected chi connectivity index (χ3v) is 6.93. The first-order chi connectivity index (χ1) is 16.8. The smallest absolute Gasteiger partial charge is 0.256 e. The molecule has 1 fully saturated rings. The highest BCUT2D eigenvalue weighted by molar-refractivity contribution is 6.33. The number of hydrogen-bond donors (Lipinski definition) is 4. The Morgan fingerprint density at radius 2 is 2.00 bits per heavy atom. The average molecular weight is 498 g/mol. The van der Waals surface area contributed by atoms with E-state index in [0.717, 1.165) is 5.56 Å². The lowest BCUT2D eigenvalue weighted by Crippen LogP contribution is -2.45. The van der Waals surface area contributed by atoms with Gasteiger partial charge >= 0.3 is 0 Å². The first-order valence-electron chi connectivity index (χ1n) is 11.0. The Labute approximate surface area is 205 Å². The van der Waals surface area contributed by atoms with E-state index in [0.29, 0.717) is 27.7 Å². The number of nitrogens with zero attached hydrogens (tertiary/aromatic N) is 7. The molecule has 1 unspecified atom stereocenters. The number of rotatable bonds is 5. The first-order valence-corrected chi connectivity index (χ1v) is 11.3. The lowest BCUT2D eigenvalue weighted by Gasteiger charge is -2.26. The SMILES string of the molecule is CNC(=O)C1(C)C[C@@H](n2cnc3c(NC)nc(-n4cc(-c5ccccc5Cl)nn4)nc32)[C@H](O)[C@@H]1O. The number of nitrogens with one attached hydrogen (secondary N) is 2. The number of halogens is 1. The van der Waals surface area contributed by atoms with Crippen LogP contribution in [0.3, 0.4) is 0 Å². The van der Waals surface area contributed by atoms with Gasteiger partial charge in [0, 0.05) is 19.7 Å². The van der Waals surface area contributed by atoms with Crippen LogP contribution in [-0.2, 0) is 4.79 Å². The van der Waals surface area contributed by atoms with Crippen molar-refractivity contribution in [1.82, 2.24) is 39.8 Å². The van der Waals surface area contributed by atoms with Gasteiger partial charge in [-0.05, 0) is 19.4 Å². The summed E-state index contributed by atoms with van der Waals surface area (Å²) in [5, 5.41) is 36.1. The van der Waals surface area contributed by atoms with E-state index in [-0.39, 0.29) is 18.3 Å². The molecule has 182 valence electrons. The number of imidazole rings is 1. The van der Waals surface area contributed by atoms with E-state index < -0.39 is 23.7 Å². The van der Waals surface area contributed by atoms with Gasteiger partial charge in [0.15, 0.2) is 17.0 Å². The van der Waals surface area contributed by atoms with Crippen LogP contribution in [0.15, 0.2) is 36.8 Å². The van der Waals surface area contributed by atoms with Crippen LogP contribution in [0, 0.1) is 5.41 Å². The summed E-state index contributed by atoms with van der Waals surface area (Å²) in [4.78, 5) is 26.1. The molecule has 5 rings (SSSR count). The molecule has 3 aromatic heterocycles. The van der Waals surface area contributed by atoms with Crippen LogP contribution < -0.4 is 10.6 Å². The Hall–Kier alpha value is -3.61. The van der Waals surface area contributed by atoms with Gasteiger partial charge in [0.25, 0.3) is 5.95 Å². The fraction of sp³-hybridized carbons (Fsp3) is 0.364. The molecule has 1 aromatic carbocycles. The zero-order valence-corrected chi connectivity index (χ0v) is 20.0. The van der Waals surface area contributed by atoms with E-state index in [4.69, 9.17) is 11.6 Å². The van der Waals surface area contributed by atoms with Crippen molar-refractivity contribution in [3.63, 3.8) is 0 Å². The van der Waals surface area contributed by atoms with Crippen LogP contribution in [0.1, 0.15) is 19.4 Å². The molecule has 1 amide bonds. The van der Waals surface area contributed by atoms with Crippen molar-refractivity contribution in [3.05, 3.63) is 41.8 Å². The molecule has 0 saturated heterocycles. The Balaban J connectivity index is 1.59. The second-order valence-electron chi connectivity index (χ2n) is 8.68.